The van der Waals surface area contributed by atoms with E-state index in [9.17, 15) is 4.79 Å². The predicted octanol–water partition coefficient (Wildman–Crippen LogP) is 0.691. The average molecular weight is 356 g/mol. The van der Waals surface area contributed by atoms with Crippen LogP contribution in [0.5, 0.6) is 0 Å². The van der Waals surface area contributed by atoms with Crippen molar-refractivity contribution in [2.24, 2.45) is 0 Å². The second kappa shape index (κ2) is 6.84. The molecule has 0 aliphatic carbocycles. The highest BCUT2D eigenvalue weighted by Gasteiger charge is 2.15. The highest BCUT2D eigenvalue weighted by atomic mass is 79.9. The summed E-state index contributed by atoms with van der Waals surface area (Å²) in [6, 6.07) is 18.7. The molecule has 1 aromatic heterocycles. The maximum Gasteiger partial charge on any atom is 0.248 e. The third kappa shape index (κ3) is 3.42. The van der Waals surface area contributed by atoms with Gasteiger partial charge in [-0.05, 0) is 29.8 Å². The van der Waals surface area contributed by atoms with Crippen molar-refractivity contribution in [2.75, 3.05) is 0 Å². The minimum Gasteiger partial charge on any atom is -1.00 e. The van der Waals surface area contributed by atoms with E-state index >= 15 is 0 Å². The molecule has 0 radical (unpaired) electrons. The van der Waals surface area contributed by atoms with Crippen LogP contribution in [0.3, 0.4) is 0 Å². The van der Waals surface area contributed by atoms with Crippen LogP contribution in [-0.4, -0.2) is 5.78 Å². The molecule has 0 N–H and O–H groups in total. The molecule has 2 nitrogen and oxygen atoms in total. The number of hydrogen-bond donors (Lipinski definition) is 0. The molecule has 3 aromatic rings. The SMILES string of the molecule is CC(=O)c1ccc(C)c[n+]1Cc1ccc2ccccc2c1.[Br-]. The van der Waals surface area contributed by atoms with Crippen LogP contribution in [0.25, 0.3) is 10.8 Å². The Morgan fingerprint density at radius 2 is 1.73 bits per heavy atom. The van der Waals surface area contributed by atoms with E-state index in [1.165, 1.54) is 16.3 Å². The number of rotatable bonds is 3. The van der Waals surface area contributed by atoms with Crippen molar-refractivity contribution >= 4 is 16.6 Å². The Balaban J connectivity index is 0.00000176. The molecule has 0 atom stereocenters. The minimum atomic E-state index is 0. The summed E-state index contributed by atoms with van der Waals surface area (Å²) in [5.74, 6) is 0.0933. The van der Waals surface area contributed by atoms with E-state index in [1.807, 2.05) is 42.0 Å². The lowest BCUT2D eigenvalue weighted by Crippen LogP contribution is -3.00. The molecule has 0 aliphatic heterocycles. The Kier molecular flexibility index (Phi) is 5.09. The number of benzene rings is 2. The average Bonchev–Trinajstić information content (AvgIpc) is 2.47. The van der Waals surface area contributed by atoms with E-state index < -0.39 is 0 Å². The van der Waals surface area contributed by atoms with E-state index in [0.29, 0.717) is 6.54 Å². The highest BCUT2D eigenvalue weighted by molar-refractivity contribution is 5.90. The Hall–Kier alpha value is -2.00. The number of carbonyl (C=O) groups excluding carboxylic acids is 1. The van der Waals surface area contributed by atoms with Gasteiger partial charge in [0.15, 0.2) is 12.7 Å². The molecular formula is C19H18BrNO. The largest absolute Gasteiger partial charge is 1.00 e. The fraction of sp³-hybridized carbons (Fsp3) is 0.158. The fourth-order valence-electron chi connectivity index (χ4n) is 2.65. The molecule has 0 aliphatic rings. The summed E-state index contributed by atoms with van der Waals surface area (Å²) in [6.07, 6.45) is 2.03. The number of aryl methyl sites for hydroxylation is 1. The lowest BCUT2D eigenvalue weighted by atomic mass is 10.1. The van der Waals surface area contributed by atoms with Gasteiger partial charge < -0.3 is 17.0 Å². The topological polar surface area (TPSA) is 20.9 Å². The summed E-state index contributed by atoms with van der Waals surface area (Å²) in [4.78, 5) is 11.8. The maximum absolute atomic E-state index is 11.8. The third-order valence-electron chi connectivity index (χ3n) is 3.70. The van der Waals surface area contributed by atoms with Gasteiger partial charge in [-0.3, -0.25) is 4.79 Å². The van der Waals surface area contributed by atoms with Gasteiger partial charge in [-0.1, -0.05) is 36.4 Å². The first-order chi connectivity index (χ1) is 10.1. The number of halogens is 1. The number of hydrogen-bond acceptors (Lipinski definition) is 1. The van der Waals surface area contributed by atoms with Gasteiger partial charge in [0.25, 0.3) is 0 Å². The molecule has 22 heavy (non-hydrogen) atoms. The first-order valence-corrected chi connectivity index (χ1v) is 7.12. The second-order valence-corrected chi connectivity index (χ2v) is 5.46. The molecular weight excluding hydrogens is 338 g/mol. The lowest BCUT2D eigenvalue weighted by Gasteiger charge is -2.04. The summed E-state index contributed by atoms with van der Waals surface area (Å²) in [7, 11) is 0. The summed E-state index contributed by atoms with van der Waals surface area (Å²) in [6.45, 7) is 4.36. The van der Waals surface area contributed by atoms with Crippen LogP contribution < -0.4 is 21.5 Å². The van der Waals surface area contributed by atoms with Gasteiger partial charge >= 0.3 is 0 Å². The van der Waals surface area contributed by atoms with Crippen LogP contribution in [0.2, 0.25) is 0 Å². The first-order valence-electron chi connectivity index (χ1n) is 7.12. The van der Waals surface area contributed by atoms with Gasteiger partial charge in [-0.25, -0.2) is 0 Å². The van der Waals surface area contributed by atoms with Gasteiger partial charge in [0.05, 0.1) is 0 Å². The second-order valence-electron chi connectivity index (χ2n) is 5.46. The van der Waals surface area contributed by atoms with Crippen LogP contribution in [0, 0.1) is 6.92 Å². The molecule has 0 unspecified atom stereocenters. The number of aromatic nitrogens is 1. The smallest absolute Gasteiger partial charge is 0.248 e. The van der Waals surface area contributed by atoms with E-state index in [4.69, 9.17) is 0 Å². The van der Waals surface area contributed by atoms with E-state index in [2.05, 4.69) is 30.3 Å². The van der Waals surface area contributed by atoms with E-state index in [0.717, 1.165) is 11.3 Å². The van der Waals surface area contributed by atoms with Crippen LogP contribution in [0.1, 0.15) is 28.5 Å². The third-order valence-corrected chi connectivity index (χ3v) is 3.70. The van der Waals surface area contributed by atoms with Crippen molar-refractivity contribution in [3.63, 3.8) is 0 Å². The summed E-state index contributed by atoms with van der Waals surface area (Å²) in [5, 5.41) is 2.47. The molecule has 0 spiro atoms. The normalized spacial score (nSPS) is 10.3. The quantitative estimate of drug-likeness (QED) is 0.500. The summed E-state index contributed by atoms with van der Waals surface area (Å²) < 4.78 is 2.03. The minimum absolute atomic E-state index is 0. The van der Waals surface area contributed by atoms with E-state index in [-0.39, 0.29) is 22.8 Å². The van der Waals surface area contributed by atoms with Gasteiger partial charge in [0.1, 0.15) is 0 Å². The summed E-state index contributed by atoms with van der Waals surface area (Å²) >= 11 is 0. The van der Waals surface area contributed by atoms with Gasteiger partial charge in [0.2, 0.25) is 11.5 Å². The standard InChI is InChI=1S/C19H18NO.BrH/c1-14-7-10-19(15(2)21)20(12-14)13-16-8-9-17-5-3-4-6-18(17)11-16;/h3-12H,13H2,1-2H3;1H/q+1;/p-1. The molecule has 0 bridgehead atoms. The Morgan fingerprint density at radius 3 is 2.45 bits per heavy atom. The molecule has 2 aromatic carbocycles. The van der Waals surface area contributed by atoms with Crippen molar-refractivity contribution in [2.45, 2.75) is 20.4 Å². The monoisotopic (exact) mass is 355 g/mol. The Labute approximate surface area is 141 Å². The molecule has 0 fully saturated rings. The highest BCUT2D eigenvalue weighted by Crippen LogP contribution is 2.15. The lowest BCUT2D eigenvalue weighted by molar-refractivity contribution is -0.690. The number of nitrogens with zero attached hydrogens (tertiary/aromatic N) is 1. The van der Waals surface area contributed by atoms with Crippen molar-refractivity contribution in [3.8, 4) is 0 Å². The Bertz CT molecular complexity index is 827. The maximum atomic E-state index is 11.8. The van der Waals surface area contributed by atoms with Crippen molar-refractivity contribution in [3.05, 3.63) is 77.6 Å². The first kappa shape index (κ1) is 16.4. The fourth-order valence-corrected chi connectivity index (χ4v) is 2.65. The number of carbonyl (C=O) groups is 1. The summed E-state index contributed by atoms with van der Waals surface area (Å²) in [5.41, 5.74) is 3.10. The van der Waals surface area contributed by atoms with Crippen molar-refractivity contribution in [1.82, 2.24) is 0 Å². The predicted molar refractivity (Wildman–Crippen MR) is 84.4 cm³/mol. The van der Waals surface area contributed by atoms with Crippen LogP contribution in [-0.2, 0) is 6.54 Å². The molecule has 0 saturated carbocycles. The molecule has 1 heterocycles. The number of Topliss-reactive ketones (excluding diaryl/α,β-unsaturated/α-hetero) is 1. The number of fused-ring (bicyclic) bond motifs is 1. The van der Waals surface area contributed by atoms with Crippen molar-refractivity contribution in [1.29, 1.82) is 0 Å². The van der Waals surface area contributed by atoms with E-state index in [1.54, 1.807) is 6.92 Å². The van der Waals surface area contributed by atoms with Crippen molar-refractivity contribution < 1.29 is 26.3 Å². The molecule has 3 rings (SSSR count). The molecule has 0 saturated heterocycles. The molecule has 112 valence electrons. The van der Waals surface area contributed by atoms with Gasteiger partial charge in [-0.15, -0.1) is 0 Å². The van der Waals surface area contributed by atoms with Crippen LogP contribution in [0.4, 0.5) is 0 Å². The molecule has 3 heteroatoms. The van der Waals surface area contributed by atoms with Crippen LogP contribution in [0.15, 0.2) is 60.8 Å². The van der Waals surface area contributed by atoms with Gasteiger partial charge in [-0.2, -0.15) is 4.57 Å². The van der Waals surface area contributed by atoms with Gasteiger partial charge in [0, 0.05) is 24.1 Å². The Morgan fingerprint density at radius 1 is 1.00 bits per heavy atom. The van der Waals surface area contributed by atoms with Crippen LogP contribution >= 0.6 is 0 Å². The zero-order valence-corrected chi connectivity index (χ0v) is 14.3. The zero-order valence-electron chi connectivity index (χ0n) is 12.7. The number of ketones is 1. The zero-order chi connectivity index (χ0) is 14.8. The molecule has 0 amide bonds. The number of pyridine rings is 1.